The molecule has 17 heavy (non-hydrogen) atoms. The highest BCUT2D eigenvalue weighted by Crippen LogP contribution is 2.21. The number of H-pyrrole nitrogens is 1. The lowest BCUT2D eigenvalue weighted by atomic mass is 9.98. The number of hydrogen-bond acceptors (Lipinski definition) is 3. The molecular formula is C11H11ClN4O. The van der Waals surface area contributed by atoms with Gasteiger partial charge in [0, 0.05) is 11.8 Å². The number of aromatic nitrogens is 4. The summed E-state index contributed by atoms with van der Waals surface area (Å²) in [6.45, 7) is 0. The molecule has 88 valence electrons. The van der Waals surface area contributed by atoms with Gasteiger partial charge < -0.3 is 0 Å². The smallest absolute Gasteiger partial charge is 0.227 e. The Bertz CT molecular complexity index is 616. The van der Waals surface area contributed by atoms with Gasteiger partial charge in [-0.05, 0) is 31.2 Å². The van der Waals surface area contributed by atoms with Gasteiger partial charge in [-0.1, -0.05) is 11.6 Å². The topological polar surface area (TPSA) is 63.6 Å². The predicted molar refractivity (Wildman–Crippen MR) is 63.6 cm³/mol. The quantitative estimate of drug-likeness (QED) is 0.834. The van der Waals surface area contributed by atoms with Crippen molar-refractivity contribution in [2.75, 3.05) is 0 Å². The fourth-order valence-corrected chi connectivity index (χ4v) is 2.34. The Morgan fingerprint density at radius 2 is 2.18 bits per heavy atom. The molecule has 1 aliphatic rings. The molecule has 0 saturated carbocycles. The predicted octanol–water partition coefficient (Wildman–Crippen LogP) is 1.49. The van der Waals surface area contributed by atoms with Gasteiger partial charge in [-0.15, -0.1) is 0 Å². The number of rotatable bonds is 1. The number of fused-ring (bicyclic) bond motifs is 1. The maximum absolute atomic E-state index is 11.8. The number of hydrogen-bond donors (Lipinski definition) is 1. The van der Waals surface area contributed by atoms with Gasteiger partial charge in [-0.3, -0.25) is 9.89 Å². The molecule has 0 fully saturated rings. The Kier molecular flexibility index (Phi) is 2.48. The van der Waals surface area contributed by atoms with Crippen molar-refractivity contribution in [3.8, 4) is 5.82 Å². The van der Waals surface area contributed by atoms with Crippen LogP contribution >= 0.6 is 11.6 Å². The normalized spacial score (nSPS) is 14.6. The van der Waals surface area contributed by atoms with Crippen molar-refractivity contribution in [1.82, 2.24) is 20.0 Å². The zero-order valence-corrected chi connectivity index (χ0v) is 9.87. The third-order valence-corrected chi connectivity index (χ3v) is 3.21. The van der Waals surface area contributed by atoms with Crippen LogP contribution in [0.1, 0.15) is 24.1 Å². The highest BCUT2D eigenvalue weighted by molar-refractivity contribution is 6.29. The summed E-state index contributed by atoms with van der Waals surface area (Å²) in [5, 5.41) is 11.0. The molecule has 1 aliphatic carbocycles. The first-order chi connectivity index (χ1) is 8.25. The summed E-state index contributed by atoms with van der Waals surface area (Å²) in [4.78, 5) is 11.8. The molecule has 0 amide bonds. The fourth-order valence-electron chi connectivity index (χ4n) is 2.20. The molecule has 0 atom stereocenters. The summed E-state index contributed by atoms with van der Waals surface area (Å²) in [6.07, 6.45) is 6.11. The Morgan fingerprint density at radius 1 is 1.35 bits per heavy atom. The van der Waals surface area contributed by atoms with Crippen LogP contribution < -0.4 is 5.43 Å². The van der Waals surface area contributed by atoms with E-state index in [4.69, 9.17) is 11.6 Å². The second-order valence-corrected chi connectivity index (χ2v) is 4.55. The maximum Gasteiger partial charge on any atom is 0.227 e. The number of nitrogens with one attached hydrogen (secondary N) is 1. The molecule has 0 aliphatic heterocycles. The zero-order chi connectivity index (χ0) is 11.8. The minimum Gasteiger partial charge on any atom is -0.286 e. The number of halogens is 1. The van der Waals surface area contributed by atoms with Crippen LogP contribution in [0.4, 0.5) is 0 Å². The van der Waals surface area contributed by atoms with Crippen LogP contribution in [0.25, 0.3) is 5.82 Å². The fraction of sp³-hybridized carbons (Fsp3) is 0.364. The summed E-state index contributed by atoms with van der Waals surface area (Å²) in [7, 11) is 0. The van der Waals surface area contributed by atoms with Gasteiger partial charge >= 0.3 is 0 Å². The van der Waals surface area contributed by atoms with Gasteiger partial charge in [-0.25, -0.2) is 4.68 Å². The molecule has 2 aromatic rings. The van der Waals surface area contributed by atoms with Gasteiger partial charge in [0.2, 0.25) is 11.2 Å². The Hall–Kier alpha value is -1.62. The summed E-state index contributed by atoms with van der Waals surface area (Å²) in [6, 6.07) is 1.32. The number of aryl methyl sites for hydroxylation is 1. The van der Waals surface area contributed by atoms with Crippen molar-refractivity contribution < 1.29 is 0 Å². The van der Waals surface area contributed by atoms with Crippen LogP contribution in [0.2, 0.25) is 5.15 Å². The maximum atomic E-state index is 11.8. The Balaban J connectivity index is 2.15. The van der Waals surface area contributed by atoms with E-state index in [2.05, 4.69) is 15.3 Å². The Labute approximate surface area is 102 Å². The van der Waals surface area contributed by atoms with Crippen molar-refractivity contribution in [3.63, 3.8) is 0 Å². The van der Waals surface area contributed by atoms with Crippen molar-refractivity contribution in [1.29, 1.82) is 0 Å². The summed E-state index contributed by atoms with van der Waals surface area (Å²) in [5.41, 5.74) is 2.09. The lowest BCUT2D eigenvalue weighted by molar-refractivity contribution is 0.645. The third kappa shape index (κ3) is 1.76. The molecule has 2 heterocycles. The van der Waals surface area contributed by atoms with Crippen LogP contribution in [0, 0.1) is 0 Å². The highest BCUT2D eigenvalue weighted by atomic mass is 35.5. The van der Waals surface area contributed by atoms with Gasteiger partial charge in [0.15, 0.2) is 0 Å². The summed E-state index contributed by atoms with van der Waals surface area (Å²) < 4.78 is 1.63. The lowest BCUT2D eigenvalue weighted by Gasteiger charge is -2.12. The van der Waals surface area contributed by atoms with E-state index in [0.717, 1.165) is 25.0 Å². The molecule has 0 saturated heterocycles. The monoisotopic (exact) mass is 250 g/mol. The van der Waals surface area contributed by atoms with E-state index < -0.39 is 0 Å². The van der Waals surface area contributed by atoms with E-state index in [0.29, 0.717) is 0 Å². The van der Waals surface area contributed by atoms with E-state index in [-0.39, 0.29) is 16.4 Å². The zero-order valence-electron chi connectivity index (χ0n) is 9.11. The number of nitrogens with zero attached hydrogens (tertiary/aromatic N) is 3. The molecule has 0 spiro atoms. The molecule has 0 bridgehead atoms. The summed E-state index contributed by atoms with van der Waals surface area (Å²) >= 11 is 5.67. The molecule has 3 rings (SSSR count). The molecule has 6 heteroatoms. The van der Waals surface area contributed by atoms with E-state index in [9.17, 15) is 4.79 Å². The van der Waals surface area contributed by atoms with Gasteiger partial charge in [0.25, 0.3) is 0 Å². The van der Waals surface area contributed by atoms with Crippen LogP contribution in [-0.2, 0) is 12.8 Å². The van der Waals surface area contributed by atoms with E-state index in [1.54, 1.807) is 4.68 Å². The minimum absolute atomic E-state index is 0.217. The van der Waals surface area contributed by atoms with Crippen LogP contribution in [-0.4, -0.2) is 20.0 Å². The van der Waals surface area contributed by atoms with Crippen LogP contribution in [0.15, 0.2) is 17.1 Å². The first-order valence-corrected chi connectivity index (χ1v) is 5.95. The van der Waals surface area contributed by atoms with Crippen LogP contribution in [0.5, 0.6) is 0 Å². The first kappa shape index (κ1) is 10.5. The van der Waals surface area contributed by atoms with Gasteiger partial charge in [0.1, 0.15) is 5.15 Å². The second kappa shape index (κ2) is 4.00. The largest absolute Gasteiger partial charge is 0.286 e. The van der Waals surface area contributed by atoms with Gasteiger partial charge in [-0.2, -0.15) is 10.2 Å². The SMILES string of the molecule is O=c1cc(Cl)[nH]nc1-n1ncc2c1CCCC2. The van der Waals surface area contributed by atoms with Crippen molar-refractivity contribution in [3.05, 3.63) is 38.9 Å². The second-order valence-electron chi connectivity index (χ2n) is 4.14. The molecule has 0 radical (unpaired) electrons. The summed E-state index contributed by atoms with van der Waals surface area (Å²) in [5.74, 6) is 0.289. The van der Waals surface area contributed by atoms with E-state index in [1.165, 1.54) is 18.1 Å². The minimum atomic E-state index is -0.217. The molecule has 2 aromatic heterocycles. The Morgan fingerprint density at radius 3 is 3.00 bits per heavy atom. The molecule has 5 nitrogen and oxygen atoms in total. The first-order valence-electron chi connectivity index (χ1n) is 5.57. The van der Waals surface area contributed by atoms with Crippen molar-refractivity contribution in [2.24, 2.45) is 0 Å². The van der Waals surface area contributed by atoms with E-state index in [1.807, 2.05) is 6.20 Å². The van der Waals surface area contributed by atoms with E-state index >= 15 is 0 Å². The standard InChI is InChI=1S/C11H11ClN4O/c12-10-5-9(17)11(15-14-10)16-8-4-2-1-3-7(8)6-13-16/h5-6H,1-4H2,(H,14,17). The third-order valence-electron chi connectivity index (χ3n) is 3.01. The average molecular weight is 251 g/mol. The lowest BCUT2D eigenvalue weighted by Crippen LogP contribution is -2.18. The van der Waals surface area contributed by atoms with Crippen molar-refractivity contribution >= 4 is 11.6 Å². The molecule has 0 aromatic carbocycles. The van der Waals surface area contributed by atoms with Crippen LogP contribution in [0.3, 0.4) is 0 Å². The number of aromatic amines is 1. The highest BCUT2D eigenvalue weighted by Gasteiger charge is 2.18. The van der Waals surface area contributed by atoms with Gasteiger partial charge in [0.05, 0.1) is 6.20 Å². The average Bonchev–Trinajstić information content (AvgIpc) is 2.73. The molecular weight excluding hydrogens is 240 g/mol. The van der Waals surface area contributed by atoms with Crippen molar-refractivity contribution in [2.45, 2.75) is 25.7 Å². The molecule has 0 unspecified atom stereocenters. The molecule has 1 N–H and O–H groups in total.